The zero-order chi connectivity index (χ0) is 16.7. The number of carbonyl (C=O) groups excluding carboxylic acids is 2. The molecule has 0 aromatic carbocycles. The lowest BCUT2D eigenvalue weighted by Crippen LogP contribution is -2.48. The third kappa shape index (κ3) is 4.79. The van der Waals surface area contributed by atoms with E-state index in [0.717, 1.165) is 0 Å². The summed E-state index contributed by atoms with van der Waals surface area (Å²) >= 11 is 0. The number of likely N-dealkylation sites (tertiary alicyclic amines) is 1. The average molecular weight is 322 g/mol. The number of amides is 2. The lowest BCUT2D eigenvalue weighted by molar-refractivity contribution is -0.143. The van der Waals surface area contributed by atoms with Crippen molar-refractivity contribution in [3.05, 3.63) is 18.5 Å². The number of likely N-dealkylation sites (N-methyl/N-ethyl adjacent to an activating group) is 1. The molecule has 23 heavy (non-hydrogen) atoms. The molecule has 1 saturated heterocycles. The van der Waals surface area contributed by atoms with E-state index >= 15 is 0 Å². The molecular weight excluding hydrogens is 296 g/mol. The van der Waals surface area contributed by atoms with Crippen LogP contribution >= 0.6 is 0 Å². The van der Waals surface area contributed by atoms with Gasteiger partial charge in [0.05, 0.1) is 19.1 Å². The second-order valence-electron chi connectivity index (χ2n) is 5.76. The first-order valence-corrected chi connectivity index (χ1v) is 8.18. The number of methoxy groups -OCH3 is 1. The Morgan fingerprint density at radius 3 is 2.96 bits per heavy atom. The van der Waals surface area contributed by atoms with Gasteiger partial charge in [0.1, 0.15) is 0 Å². The van der Waals surface area contributed by atoms with Crippen LogP contribution in [0.15, 0.2) is 18.5 Å². The van der Waals surface area contributed by atoms with Crippen molar-refractivity contribution in [3.63, 3.8) is 0 Å². The van der Waals surface area contributed by atoms with Crippen molar-refractivity contribution in [1.29, 1.82) is 0 Å². The Morgan fingerprint density at radius 2 is 2.30 bits per heavy atom. The van der Waals surface area contributed by atoms with E-state index in [1.807, 2.05) is 28.8 Å². The molecule has 0 saturated carbocycles. The molecule has 1 aromatic heterocycles. The second-order valence-corrected chi connectivity index (χ2v) is 5.76. The van der Waals surface area contributed by atoms with Gasteiger partial charge in [-0.2, -0.15) is 5.10 Å². The number of rotatable bonds is 8. The van der Waals surface area contributed by atoms with E-state index in [2.05, 4.69) is 5.10 Å². The molecule has 7 heteroatoms. The van der Waals surface area contributed by atoms with Gasteiger partial charge in [-0.3, -0.25) is 14.3 Å². The maximum atomic E-state index is 12.7. The van der Waals surface area contributed by atoms with Gasteiger partial charge in [-0.05, 0) is 19.4 Å². The predicted molar refractivity (Wildman–Crippen MR) is 85.7 cm³/mol. The number of hydrogen-bond donors (Lipinski definition) is 0. The fourth-order valence-electron chi connectivity index (χ4n) is 2.87. The topological polar surface area (TPSA) is 67.7 Å². The summed E-state index contributed by atoms with van der Waals surface area (Å²) in [4.78, 5) is 28.3. The first kappa shape index (κ1) is 17.5. The molecule has 0 spiro atoms. The van der Waals surface area contributed by atoms with Crippen LogP contribution in [-0.4, -0.2) is 71.3 Å². The first-order chi connectivity index (χ1) is 11.2. The summed E-state index contributed by atoms with van der Waals surface area (Å²) in [6.07, 6.45) is 4.71. The molecule has 2 rings (SSSR count). The highest BCUT2D eigenvalue weighted by atomic mass is 16.5. The number of hydrogen-bond acceptors (Lipinski definition) is 4. The first-order valence-electron chi connectivity index (χ1n) is 8.18. The Balaban J connectivity index is 1.89. The Morgan fingerprint density at radius 1 is 1.48 bits per heavy atom. The number of piperidine rings is 1. The summed E-state index contributed by atoms with van der Waals surface area (Å²) < 4.78 is 6.86. The van der Waals surface area contributed by atoms with Gasteiger partial charge in [-0.25, -0.2) is 0 Å². The number of carbonyl (C=O) groups is 2. The van der Waals surface area contributed by atoms with Gasteiger partial charge in [0.15, 0.2) is 0 Å². The SMILES string of the molecule is CCN(CCn1cccn1)C(=O)[C@@H]1CCC(=O)N(CCOC)C1. The van der Waals surface area contributed by atoms with E-state index in [9.17, 15) is 9.59 Å². The van der Waals surface area contributed by atoms with Gasteiger partial charge < -0.3 is 14.5 Å². The average Bonchev–Trinajstić information content (AvgIpc) is 3.08. The van der Waals surface area contributed by atoms with Crippen LogP contribution in [0.2, 0.25) is 0 Å². The van der Waals surface area contributed by atoms with Crippen molar-refractivity contribution < 1.29 is 14.3 Å². The highest BCUT2D eigenvalue weighted by Gasteiger charge is 2.32. The number of ether oxygens (including phenoxy) is 1. The van der Waals surface area contributed by atoms with E-state index in [0.29, 0.717) is 52.2 Å². The molecule has 1 atom stereocenters. The molecule has 1 aliphatic heterocycles. The normalized spacial score (nSPS) is 18.3. The van der Waals surface area contributed by atoms with Gasteiger partial charge in [-0.1, -0.05) is 0 Å². The fraction of sp³-hybridized carbons (Fsp3) is 0.688. The molecule has 0 bridgehead atoms. The minimum Gasteiger partial charge on any atom is -0.383 e. The van der Waals surface area contributed by atoms with Crippen molar-refractivity contribution in [3.8, 4) is 0 Å². The lowest BCUT2D eigenvalue weighted by Gasteiger charge is -2.34. The van der Waals surface area contributed by atoms with Gasteiger partial charge in [0, 0.05) is 52.1 Å². The van der Waals surface area contributed by atoms with E-state index < -0.39 is 0 Å². The largest absolute Gasteiger partial charge is 0.383 e. The molecule has 0 unspecified atom stereocenters. The van der Waals surface area contributed by atoms with Gasteiger partial charge >= 0.3 is 0 Å². The number of nitrogens with zero attached hydrogens (tertiary/aromatic N) is 4. The predicted octanol–water partition coefficient (Wildman–Crippen LogP) is 0.617. The molecule has 0 aliphatic carbocycles. The van der Waals surface area contributed by atoms with Gasteiger partial charge in [0.2, 0.25) is 11.8 Å². The van der Waals surface area contributed by atoms with Crippen molar-refractivity contribution >= 4 is 11.8 Å². The van der Waals surface area contributed by atoms with Crippen molar-refractivity contribution in [2.75, 3.05) is 39.9 Å². The fourth-order valence-corrected chi connectivity index (χ4v) is 2.87. The summed E-state index contributed by atoms with van der Waals surface area (Å²) in [6.45, 7) is 5.53. The molecule has 0 radical (unpaired) electrons. The molecule has 1 aliphatic rings. The van der Waals surface area contributed by atoms with E-state index in [1.54, 1.807) is 18.2 Å². The Hall–Kier alpha value is -1.89. The minimum atomic E-state index is -0.109. The summed E-state index contributed by atoms with van der Waals surface area (Å²) in [7, 11) is 1.62. The summed E-state index contributed by atoms with van der Waals surface area (Å²) in [5.74, 6) is 0.141. The zero-order valence-corrected chi connectivity index (χ0v) is 14.0. The molecule has 0 N–H and O–H groups in total. The van der Waals surface area contributed by atoms with Crippen LogP contribution in [0.1, 0.15) is 19.8 Å². The summed E-state index contributed by atoms with van der Waals surface area (Å²) in [5, 5.41) is 4.16. The summed E-state index contributed by atoms with van der Waals surface area (Å²) in [5.41, 5.74) is 0. The van der Waals surface area contributed by atoms with Crippen LogP contribution in [0.3, 0.4) is 0 Å². The molecule has 128 valence electrons. The molecule has 1 aromatic rings. The third-order valence-corrected chi connectivity index (χ3v) is 4.27. The van der Waals surface area contributed by atoms with Crippen LogP contribution in [0.5, 0.6) is 0 Å². The maximum absolute atomic E-state index is 12.7. The van der Waals surface area contributed by atoms with E-state index in [-0.39, 0.29) is 17.7 Å². The van der Waals surface area contributed by atoms with Crippen LogP contribution in [0.25, 0.3) is 0 Å². The molecule has 2 heterocycles. The maximum Gasteiger partial charge on any atom is 0.227 e. The van der Waals surface area contributed by atoms with Crippen LogP contribution < -0.4 is 0 Å². The highest BCUT2D eigenvalue weighted by Crippen LogP contribution is 2.20. The van der Waals surface area contributed by atoms with Gasteiger partial charge in [-0.15, -0.1) is 0 Å². The van der Waals surface area contributed by atoms with Crippen LogP contribution in [0, 0.1) is 5.92 Å². The van der Waals surface area contributed by atoms with Crippen LogP contribution in [0.4, 0.5) is 0 Å². The zero-order valence-electron chi connectivity index (χ0n) is 14.0. The molecule has 7 nitrogen and oxygen atoms in total. The van der Waals surface area contributed by atoms with Gasteiger partial charge in [0.25, 0.3) is 0 Å². The quantitative estimate of drug-likeness (QED) is 0.703. The molecule has 2 amide bonds. The molecule has 1 fully saturated rings. The minimum absolute atomic E-state index is 0.109. The monoisotopic (exact) mass is 322 g/mol. The number of aromatic nitrogens is 2. The Kier molecular flexibility index (Phi) is 6.58. The van der Waals surface area contributed by atoms with Crippen molar-refractivity contribution in [2.45, 2.75) is 26.3 Å². The van der Waals surface area contributed by atoms with E-state index in [4.69, 9.17) is 4.74 Å². The van der Waals surface area contributed by atoms with Crippen molar-refractivity contribution in [2.24, 2.45) is 5.92 Å². The Labute approximate surface area is 137 Å². The van der Waals surface area contributed by atoms with Crippen molar-refractivity contribution in [1.82, 2.24) is 19.6 Å². The molecular formula is C16H26N4O3. The summed E-state index contributed by atoms with van der Waals surface area (Å²) in [6, 6.07) is 1.87. The smallest absolute Gasteiger partial charge is 0.227 e. The standard InChI is InChI=1S/C16H26N4O3/c1-3-18(9-10-20-8-4-7-17-20)16(22)14-5-6-15(21)19(13-14)11-12-23-2/h4,7-8,14H,3,5-6,9-13H2,1-2H3/t14-/m1/s1. The second kappa shape index (κ2) is 8.67. The van der Waals surface area contributed by atoms with Crippen LogP contribution in [-0.2, 0) is 20.9 Å². The third-order valence-electron chi connectivity index (χ3n) is 4.27. The Bertz CT molecular complexity index is 503. The van der Waals surface area contributed by atoms with E-state index in [1.165, 1.54) is 0 Å². The highest BCUT2D eigenvalue weighted by molar-refractivity contribution is 5.83. The lowest BCUT2D eigenvalue weighted by atomic mass is 9.96.